The molecule has 0 radical (unpaired) electrons. The molecule has 6 nitrogen and oxygen atoms in total. The Morgan fingerprint density at radius 2 is 1.95 bits per heavy atom. The van der Waals surface area contributed by atoms with Crippen LogP contribution in [-0.2, 0) is 14.8 Å². The quantitative estimate of drug-likeness (QED) is 0.646. The van der Waals surface area contributed by atoms with Crippen LogP contribution in [-0.4, -0.2) is 38.6 Å². The van der Waals surface area contributed by atoms with Crippen molar-refractivity contribution < 1.29 is 18.3 Å². The molecule has 7 heteroatoms. The van der Waals surface area contributed by atoms with Gasteiger partial charge in [0.15, 0.2) is 0 Å². The SMILES string of the molecule is O=C(O)[C@H](CNCC1CC1)NS(=O)(=O)c1ccccc1. The molecule has 2 rings (SSSR count). The first-order valence-corrected chi connectivity index (χ1v) is 7.98. The van der Waals surface area contributed by atoms with Crippen molar-refractivity contribution >= 4 is 16.0 Å². The van der Waals surface area contributed by atoms with E-state index >= 15 is 0 Å². The van der Waals surface area contributed by atoms with Gasteiger partial charge in [-0.15, -0.1) is 0 Å². The van der Waals surface area contributed by atoms with Gasteiger partial charge in [0.2, 0.25) is 10.0 Å². The molecule has 0 bridgehead atoms. The van der Waals surface area contributed by atoms with E-state index < -0.39 is 22.0 Å². The number of sulfonamides is 1. The summed E-state index contributed by atoms with van der Waals surface area (Å²) >= 11 is 0. The van der Waals surface area contributed by atoms with Crippen molar-refractivity contribution in [1.82, 2.24) is 10.0 Å². The number of hydrogen-bond acceptors (Lipinski definition) is 4. The zero-order valence-electron chi connectivity index (χ0n) is 11.0. The van der Waals surface area contributed by atoms with Crippen molar-refractivity contribution in [3.8, 4) is 0 Å². The van der Waals surface area contributed by atoms with Crippen LogP contribution >= 0.6 is 0 Å². The largest absolute Gasteiger partial charge is 0.480 e. The van der Waals surface area contributed by atoms with Gasteiger partial charge in [-0.1, -0.05) is 18.2 Å². The number of nitrogens with one attached hydrogen (secondary N) is 2. The second-order valence-electron chi connectivity index (χ2n) is 4.93. The van der Waals surface area contributed by atoms with Gasteiger partial charge in [-0.2, -0.15) is 4.72 Å². The van der Waals surface area contributed by atoms with Crippen LogP contribution in [0.1, 0.15) is 12.8 Å². The van der Waals surface area contributed by atoms with Crippen molar-refractivity contribution in [2.45, 2.75) is 23.8 Å². The smallest absolute Gasteiger partial charge is 0.323 e. The normalized spacial score (nSPS) is 16.8. The lowest BCUT2D eigenvalue weighted by Gasteiger charge is -2.15. The lowest BCUT2D eigenvalue weighted by atomic mass is 10.3. The van der Waals surface area contributed by atoms with Crippen LogP contribution in [0.25, 0.3) is 0 Å². The highest BCUT2D eigenvalue weighted by Gasteiger charge is 2.26. The van der Waals surface area contributed by atoms with Gasteiger partial charge in [0.05, 0.1) is 4.90 Å². The molecule has 0 unspecified atom stereocenters. The van der Waals surface area contributed by atoms with Gasteiger partial charge in [-0.25, -0.2) is 8.42 Å². The fourth-order valence-electron chi connectivity index (χ4n) is 1.79. The molecule has 1 atom stereocenters. The van der Waals surface area contributed by atoms with Gasteiger partial charge in [-0.3, -0.25) is 4.79 Å². The van der Waals surface area contributed by atoms with Gasteiger partial charge >= 0.3 is 5.97 Å². The Morgan fingerprint density at radius 1 is 1.30 bits per heavy atom. The van der Waals surface area contributed by atoms with Crippen molar-refractivity contribution in [2.75, 3.05) is 13.1 Å². The molecular weight excluding hydrogens is 280 g/mol. The number of benzene rings is 1. The molecule has 110 valence electrons. The van der Waals surface area contributed by atoms with Crippen LogP contribution in [0.4, 0.5) is 0 Å². The molecule has 0 heterocycles. The molecule has 1 aliphatic rings. The number of aliphatic carboxylic acids is 1. The average Bonchev–Trinajstić information content (AvgIpc) is 3.22. The standard InChI is InChI=1S/C13H18N2O4S/c16-13(17)12(9-14-8-10-6-7-10)15-20(18,19)11-4-2-1-3-5-11/h1-5,10,12,14-15H,6-9H2,(H,16,17)/t12-/m0/s1. The Morgan fingerprint density at radius 3 is 2.50 bits per heavy atom. The third-order valence-corrected chi connectivity index (χ3v) is 4.61. The third-order valence-electron chi connectivity index (χ3n) is 3.13. The van der Waals surface area contributed by atoms with Crippen LogP contribution in [0.2, 0.25) is 0 Å². The minimum Gasteiger partial charge on any atom is -0.480 e. The summed E-state index contributed by atoms with van der Waals surface area (Å²) in [6, 6.07) is 6.58. The zero-order chi connectivity index (χ0) is 14.6. The maximum atomic E-state index is 12.1. The average molecular weight is 298 g/mol. The molecular formula is C13H18N2O4S. The third kappa shape index (κ3) is 4.29. The molecule has 20 heavy (non-hydrogen) atoms. The fraction of sp³-hybridized carbons (Fsp3) is 0.462. The summed E-state index contributed by atoms with van der Waals surface area (Å²) in [5, 5.41) is 12.1. The van der Waals surface area contributed by atoms with Gasteiger partial charge < -0.3 is 10.4 Å². The number of carboxylic acids is 1. The van der Waals surface area contributed by atoms with Crippen LogP contribution in [0.5, 0.6) is 0 Å². The number of carboxylic acid groups (broad SMARTS) is 1. The Bertz CT molecular complexity index is 555. The van der Waals surface area contributed by atoms with E-state index in [0.717, 1.165) is 19.4 Å². The van der Waals surface area contributed by atoms with Gasteiger partial charge in [0.25, 0.3) is 0 Å². The lowest BCUT2D eigenvalue weighted by Crippen LogP contribution is -2.47. The van der Waals surface area contributed by atoms with Crippen LogP contribution in [0.15, 0.2) is 35.2 Å². The van der Waals surface area contributed by atoms with Crippen molar-refractivity contribution in [3.05, 3.63) is 30.3 Å². The summed E-state index contributed by atoms with van der Waals surface area (Å²) in [5.41, 5.74) is 0. The molecule has 0 aromatic heterocycles. The summed E-state index contributed by atoms with van der Waals surface area (Å²) < 4.78 is 26.3. The van der Waals surface area contributed by atoms with Gasteiger partial charge in [0, 0.05) is 6.54 Å². The molecule has 0 saturated heterocycles. The topological polar surface area (TPSA) is 95.5 Å². The second kappa shape index (κ2) is 6.34. The first-order valence-electron chi connectivity index (χ1n) is 6.50. The van der Waals surface area contributed by atoms with E-state index in [2.05, 4.69) is 10.0 Å². The van der Waals surface area contributed by atoms with Crippen molar-refractivity contribution in [3.63, 3.8) is 0 Å². The molecule has 1 saturated carbocycles. The summed E-state index contributed by atoms with van der Waals surface area (Å²) in [7, 11) is -3.81. The number of carbonyl (C=O) groups is 1. The van der Waals surface area contributed by atoms with E-state index in [1.54, 1.807) is 18.2 Å². The van der Waals surface area contributed by atoms with E-state index in [1.807, 2.05) is 0 Å². The highest BCUT2D eigenvalue weighted by atomic mass is 32.2. The summed E-state index contributed by atoms with van der Waals surface area (Å²) in [4.78, 5) is 11.2. The van der Waals surface area contributed by atoms with E-state index in [9.17, 15) is 13.2 Å². The molecule has 1 aliphatic carbocycles. The maximum Gasteiger partial charge on any atom is 0.323 e. The monoisotopic (exact) mass is 298 g/mol. The minimum absolute atomic E-state index is 0.0634. The Balaban J connectivity index is 1.97. The summed E-state index contributed by atoms with van der Waals surface area (Å²) in [6.07, 6.45) is 2.31. The lowest BCUT2D eigenvalue weighted by molar-refractivity contribution is -0.138. The van der Waals surface area contributed by atoms with Crippen LogP contribution in [0.3, 0.4) is 0 Å². The van der Waals surface area contributed by atoms with E-state index in [4.69, 9.17) is 5.11 Å². The van der Waals surface area contributed by atoms with Crippen LogP contribution < -0.4 is 10.0 Å². The van der Waals surface area contributed by atoms with Crippen molar-refractivity contribution in [2.24, 2.45) is 5.92 Å². The van der Waals surface area contributed by atoms with Crippen molar-refractivity contribution in [1.29, 1.82) is 0 Å². The predicted octanol–water partition coefficient (Wildman–Crippen LogP) is 0.418. The molecule has 0 aliphatic heterocycles. The first kappa shape index (κ1) is 15.0. The number of hydrogen-bond donors (Lipinski definition) is 3. The molecule has 0 amide bonds. The van der Waals surface area contributed by atoms with Gasteiger partial charge in [0.1, 0.15) is 6.04 Å². The second-order valence-corrected chi connectivity index (χ2v) is 6.64. The predicted molar refractivity (Wildman–Crippen MR) is 73.8 cm³/mol. The maximum absolute atomic E-state index is 12.1. The summed E-state index contributed by atoms with van der Waals surface area (Å²) in [5.74, 6) is -0.581. The van der Waals surface area contributed by atoms with Crippen LogP contribution in [0, 0.1) is 5.92 Å². The Hall–Kier alpha value is -1.44. The minimum atomic E-state index is -3.81. The molecule has 3 N–H and O–H groups in total. The van der Waals surface area contributed by atoms with E-state index in [1.165, 1.54) is 12.1 Å². The fourth-order valence-corrected chi connectivity index (χ4v) is 3.00. The van der Waals surface area contributed by atoms with E-state index in [0.29, 0.717) is 5.92 Å². The highest BCUT2D eigenvalue weighted by Crippen LogP contribution is 2.27. The molecule has 0 spiro atoms. The van der Waals surface area contributed by atoms with E-state index in [-0.39, 0.29) is 11.4 Å². The highest BCUT2D eigenvalue weighted by molar-refractivity contribution is 7.89. The first-order chi connectivity index (χ1) is 9.49. The zero-order valence-corrected chi connectivity index (χ0v) is 11.8. The Kier molecular flexibility index (Phi) is 4.74. The number of rotatable bonds is 8. The summed E-state index contributed by atoms with van der Waals surface area (Å²) in [6.45, 7) is 0.814. The molecule has 1 aromatic rings. The van der Waals surface area contributed by atoms with Gasteiger partial charge in [-0.05, 0) is 37.4 Å². The molecule has 1 fully saturated rings. The Labute approximate surface area is 118 Å². The molecule has 1 aromatic carbocycles.